The first-order valence-electron chi connectivity index (χ1n) is 8.76. The normalized spacial score (nSPS) is 30.1. The van der Waals surface area contributed by atoms with Crippen LogP contribution in [0.1, 0.15) is 19.3 Å². The van der Waals surface area contributed by atoms with Gasteiger partial charge >= 0.3 is 6.09 Å². The zero-order valence-electron chi connectivity index (χ0n) is 14.2. The van der Waals surface area contributed by atoms with Crippen molar-refractivity contribution in [3.8, 4) is 5.75 Å². The molecule has 0 bridgehead atoms. The van der Waals surface area contributed by atoms with Crippen LogP contribution in [0.3, 0.4) is 0 Å². The molecule has 0 aromatic heterocycles. The largest absolute Gasteiger partial charge is 0.492 e. The van der Waals surface area contributed by atoms with Crippen LogP contribution in [0.5, 0.6) is 5.75 Å². The van der Waals surface area contributed by atoms with E-state index in [-0.39, 0.29) is 28.3 Å². The van der Waals surface area contributed by atoms with Crippen molar-refractivity contribution in [3.63, 3.8) is 0 Å². The lowest BCUT2D eigenvalue weighted by molar-refractivity contribution is -0.140. The summed E-state index contributed by atoms with van der Waals surface area (Å²) in [7, 11) is 0. The van der Waals surface area contributed by atoms with Gasteiger partial charge in [0.05, 0.1) is 17.2 Å². The Hall–Kier alpha value is -2.02. The molecule has 1 unspecified atom stereocenters. The lowest BCUT2D eigenvalue weighted by Gasteiger charge is -2.43. The van der Waals surface area contributed by atoms with Crippen LogP contribution in [0.25, 0.3) is 0 Å². The van der Waals surface area contributed by atoms with E-state index in [1.807, 2.05) is 4.90 Å². The monoisotopic (exact) mass is 382 g/mol. The molecule has 26 heavy (non-hydrogen) atoms. The van der Waals surface area contributed by atoms with Crippen LogP contribution >= 0.6 is 11.6 Å². The fourth-order valence-corrected chi connectivity index (χ4v) is 4.22. The van der Waals surface area contributed by atoms with Gasteiger partial charge < -0.3 is 19.7 Å². The summed E-state index contributed by atoms with van der Waals surface area (Å²) >= 11 is 5.96. The van der Waals surface area contributed by atoms with Gasteiger partial charge in [0.25, 0.3) is 0 Å². The number of amides is 2. The van der Waals surface area contributed by atoms with Crippen molar-refractivity contribution in [1.29, 1.82) is 0 Å². The number of nitrogens with one attached hydrogen (secondary N) is 1. The standard InChI is InChI=1S/C18H20ClFN2O4/c19-14-5-13(20)1-2-15(14)25-9-11-3-4-22(8-11)16(23)12-6-18(7-12)10-26-17(24)21-18/h1-2,5,11-12H,3-4,6-10H2,(H,21,24). The summed E-state index contributed by atoms with van der Waals surface area (Å²) in [6, 6.07) is 4.05. The van der Waals surface area contributed by atoms with E-state index in [1.54, 1.807) is 0 Å². The molecule has 140 valence electrons. The molecule has 2 amide bonds. The van der Waals surface area contributed by atoms with Crippen molar-refractivity contribution in [2.24, 2.45) is 11.8 Å². The number of carbonyl (C=O) groups excluding carboxylic acids is 2. The number of ether oxygens (including phenoxy) is 2. The molecule has 1 atom stereocenters. The fourth-order valence-electron chi connectivity index (χ4n) is 4.00. The molecule has 1 saturated carbocycles. The maximum Gasteiger partial charge on any atom is 0.407 e. The Labute approximate surface area is 155 Å². The van der Waals surface area contributed by atoms with E-state index in [2.05, 4.69) is 5.32 Å². The van der Waals surface area contributed by atoms with Gasteiger partial charge in [-0.3, -0.25) is 4.79 Å². The third-order valence-electron chi connectivity index (χ3n) is 5.44. The average Bonchev–Trinajstić information content (AvgIpc) is 3.19. The summed E-state index contributed by atoms with van der Waals surface area (Å²) in [4.78, 5) is 25.7. The van der Waals surface area contributed by atoms with E-state index in [9.17, 15) is 14.0 Å². The van der Waals surface area contributed by atoms with Crippen LogP contribution in [0.4, 0.5) is 9.18 Å². The highest BCUT2D eigenvalue weighted by Crippen LogP contribution is 2.42. The van der Waals surface area contributed by atoms with Gasteiger partial charge in [0, 0.05) is 24.9 Å². The second-order valence-corrected chi connectivity index (χ2v) is 7.82. The first-order valence-corrected chi connectivity index (χ1v) is 9.13. The number of benzene rings is 1. The molecule has 2 saturated heterocycles. The van der Waals surface area contributed by atoms with Gasteiger partial charge in [0.2, 0.25) is 5.91 Å². The van der Waals surface area contributed by atoms with Gasteiger partial charge in [-0.25, -0.2) is 9.18 Å². The number of rotatable bonds is 4. The quantitative estimate of drug-likeness (QED) is 0.869. The topological polar surface area (TPSA) is 67.9 Å². The molecular weight excluding hydrogens is 363 g/mol. The summed E-state index contributed by atoms with van der Waals surface area (Å²) in [5.41, 5.74) is -0.334. The van der Waals surface area contributed by atoms with Crippen LogP contribution in [0.15, 0.2) is 18.2 Å². The molecule has 0 radical (unpaired) electrons. The second kappa shape index (κ2) is 6.61. The minimum absolute atomic E-state index is 0.0526. The zero-order chi connectivity index (χ0) is 18.3. The minimum Gasteiger partial charge on any atom is -0.492 e. The molecule has 2 heterocycles. The van der Waals surface area contributed by atoms with E-state index in [0.29, 0.717) is 44.9 Å². The number of cyclic esters (lactones) is 1. The molecule has 3 fully saturated rings. The van der Waals surface area contributed by atoms with Crippen LogP contribution in [0.2, 0.25) is 5.02 Å². The van der Waals surface area contributed by atoms with E-state index in [4.69, 9.17) is 21.1 Å². The van der Waals surface area contributed by atoms with Gasteiger partial charge in [0.15, 0.2) is 0 Å². The third kappa shape index (κ3) is 3.32. The molecular formula is C18H20ClFN2O4. The second-order valence-electron chi connectivity index (χ2n) is 7.41. The number of likely N-dealkylation sites (tertiary alicyclic amines) is 1. The Bertz CT molecular complexity index is 738. The molecule has 3 aliphatic rings. The molecule has 8 heteroatoms. The smallest absolute Gasteiger partial charge is 0.407 e. The molecule has 1 aromatic carbocycles. The van der Waals surface area contributed by atoms with Crippen molar-refractivity contribution in [3.05, 3.63) is 29.0 Å². The van der Waals surface area contributed by atoms with Crippen molar-refractivity contribution in [2.75, 3.05) is 26.3 Å². The molecule has 1 aliphatic carbocycles. The van der Waals surface area contributed by atoms with E-state index in [0.717, 1.165) is 6.42 Å². The minimum atomic E-state index is -0.401. The Morgan fingerprint density at radius 1 is 1.46 bits per heavy atom. The van der Waals surface area contributed by atoms with Gasteiger partial charge in [-0.1, -0.05) is 11.6 Å². The fraction of sp³-hybridized carbons (Fsp3) is 0.556. The predicted octanol–water partition coefficient (Wildman–Crippen LogP) is 2.60. The van der Waals surface area contributed by atoms with Crippen LogP contribution in [0, 0.1) is 17.7 Å². The zero-order valence-corrected chi connectivity index (χ0v) is 14.9. The average molecular weight is 383 g/mol. The number of hydrogen-bond donors (Lipinski definition) is 1. The van der Waals surface area contributed by atoms with E-state index >= 15 is 0 Å². The third-order valence-corrected chi connectivity index (χ3v) is 5.73. The van der Waals surface area contributed by atoms with E-state index in [1.165, 1.54) is 18.2 Å². The van der Waals surface area contributed by atoms with Gasteiger partial charge in [-0.2, -0.15) is 0 Å². The first-order chi connectivity index (χ1) is 12.4. The molecule has 1 aromatic rings. The highest BCUT2D eigenvalue weighted by molar-refractivity contribution is 6.32. The summed E-state index contributed by atoms with van der Waals surface area (Å²) in [5.74, 6) is 0.365. The van der Waals surface area contributed by atoms with Crippen molar-refractivity contribution in [2.45, 2.75) is 24.8 Å². The Kier molecular flexibility index (Phi) is 4.42. The number of carbonyl (C=O) groups is 2. The van der Waals surface area contributed by atoms with Gasteiger partial charge in [-0.15, -0.1) is 0 Å². The lowest BCUT2D eigenvalue weighted by atomic mass is 9.68. The maximum absolute atomic E-state index is 13.1. The van der Waals surface area contributed by atoms with Crippen molar-refractivity contribution >= 4 is 23.6 Å². The Balaban J connectivity index is 1.25. The van der Waals surface area contributed by atoms with Crippen LogP contribution in [-0.4, -0.2) is 48.7 Å². The highest BCUT2D eigenvalue weighted by Gasteiger charge is 2.53. The van der Waals surface area contributed by atoms with Crippen LogP contribution in [-0.2, 0) is 9.53 Å². The number of hydrogen-bond acceptors (Lipinski definition) is 4. The van der Waals surface area contributed by atoms with E-state index < -0.39 is 11.9 Å². The Morgan fingerprint density at radius 3 is 2.96 bits per heavy atom. The summed E-state index contributed by atoms with van der Waals surface area (Å²) in [6.45, 7) is 2.14. The SMILES string of the molecule is O=C1NC2(CO1)CC(C(=O)N1CCC(COc3ccc(F)cc3Cl)C1)C2. The molecule has 6 nitrogen and oxygen atoms in total. The lowest BCUT2D eigenvalue weighted by Crippen LogP contribution is -2.58. The highest BCUT2D eigenvalue weighted by atomic mass is 35.5. The van der Waals surface area contributed by atoms with Crippen LogP contribution < -0.4 is 10.1 Å². The summed E-state index contributed by atoms with van der Waals surface area (Å²) < 4.78 is 23.7. The predicted molar refractivity (Wildman–Crippen MR) is 91.5 cm³/mol. The number of halogens is 2. The molecule has 1 N–H and O–H groups in total. The molecule has 2 aliphatic heterocycles. The number of alkyl carbamates (subject to hydrolysis) is 1. The Morgan fingerprint density at radius 2 is 2.27 bits per heavy atom. The van der Waals surface area contributed by atoms with Crippen molar-refractivity contribution in [1.82, 2.24) is 10.2 Å². The van der Waals surface area contributed by atoms with Gasteiger partial charge in [0.1, 0.15) is 18.2 Å². The molecule has 1 spiro atoms. The number of nitrogens with zero attached hydrogens (tertiary/aromatic N) is 1. The van der Waals surface area contributed by atoms with Gasteiger partial charge in [-0.05, 0) is 37.5 Å². The first kappa shape index (κ1) is 17.4. The summed E-state index contributed by atoms with van der Waals surface area (Å²) in [6.07, 6.45) is 1.75. The molecule has 4 rings (SSSR count). The summed E-state index contributed by atoms with van der Waals surface area (Å²) in [5, 5.41) is 3.05. The van der Waals surface area contributed by atoms with Crippen molar-refractivity contribution < 1.29 is 23.5 Å². The maximum atomic E-state index is 13.1.